The van der Waals surface area contributed by atoms with Gasteiger partial charge in [-0.15, -0.1) is 6.42 Å². The van der Waals surface area contributed by atoms with Crippen LogP contribution in [0.15, 0.2) is 36.8 Å². The Morgan fingerprint density at radius 2 is 1.83 bits per heavy atom. The lowest BCUT2D eigenvalue weighted by Gasteiger charge is -2.36. The Labute approximate surface area is 244 Å². The quantitative estimate of drug-likeness (QED) is 0.422. The van der Waals surface area contributed by atoms with E-state index in [2.05, 4.69) is 20.9 Å². The topological polar surface area (TPSA) is 115 Å². The molecule has 1 unspecified atom stereocenters. The van der Waals surface area contributed by atoms with Gasteiger partial charge in [-0.25, -0.2) is 24.1 Å². The molecule has 0 bridgehead atoms. The fourth-order valence-electron chi connectivity index (χ4n) is 5.10. The van der Waals surface area contributed by atoms with Crippen LogP contribution in [0, 0.1) is 12.3 Å². The first-order chi connectivity index (χ1) is 20.1. The van der Waals surface area contributed by atoms with Crippen molar-refractivity contribution in [1.82, 2.24) is 29.4 Å². The molecule has 6 rings (SSSR count). The summed E-state index contributed by atoms with van der Waals surface area (Å²) in [4.78, 5) is 40.3. The van der Waals surface area contributed by atoms with Crippen molar-refractivity contribution in [2.45, 2.75) is 57.3 Å². The lowest BCUT2D eigenvalue weighted by atomic mass is 10.1. The molecule has 220 valence electrons. The molecule has 42 heavy (non-hydrogen) atoms. The van der Waals surface area contributed by atoms with Crippen LogP contribution in [0.3, 0.4) is 0 Å². The summed E-state index contributed by atoms with van der Waals surface area (Å²) in [5.41, 5.74) is 0.607. The number of carbonyl (C=O) groups excluding carboxylic acids is 2. The Morgan fingerprint density at radius 1 is 1.05 bits per heavy atom. The van der Waals surface area contributed by atoms with E-state index in [1.54, 1.807) is 42.6 Å². The Hall–Kier alpha value is -4.53. The number of fused-ring (bicyclic) bond motifs is 1. The van der Waals surface area contributed by atoms with Crippen LogP contribution in [-0.4, -0.2) is 98.1 Å². The highest BCUT2D eigenvalue weighted by molar-refractivity contribution is 5.80. The van der Waals surface area contributed by atoms with E-state index in [9.17, 15) is 9.59 Å². The van der Waals surface area contributed by atoms with Crippen molar-refractivity contribution < 1.29 is 23.8 Å². The highest BCUT2D eigenvalue weighted by Crippen LogP contribution is 2.35. The smallest absolute Gasteiger partial charge is 0.411 e. The molecule has 1 saturated carbocycles. The first-order valence-corrected chi connectivity index (χ1v) is 14.3. The molecule has 3 aliphatic rings. The highest BCUT2D eigenvalue weighted by Gasteiger charge is 2.44. The molecule has 0 aromatic carbocycles. The Morgan fingerprint density at radius 3 is 2.55 bits per heavy atom. The van der Waals surface area contributed by atoms with E-state index in [1.165, 1.54) is 4.90 Å². The van der Waals surface area contributed by atoms with Crippen LogP contribution in [0.5, 0.6) is 5.88 Å². The summed E-state index contributed by atoms with van der Waals surface area (Å²) in [6.45, 7) is 7.89. The van der Waals surface area contributed by atoms with E-state index < -0.39 is 23.4 Å². The van der Waals surface area contributed by atoms with Crippen LogP contribution in [-0.2, 0) is 9.47 Å². The minimum absolute atomic E-state index is 0.103. The monoisotopic (exact) mass is 573 g/mol. The largest absolute Gasteiger partial charge is 0.474 e. The summed E-state index contributed by atoms with van der Waals surface area (Å²) in [6, 6.07) is 5.77. The van der Waals surface area contributed by atoms with E-state index in [-0.39, 0.29) is 12.6 Å². The van der Waals surface area contributed by atoms with Crippen LogP contribution in [0.25, 0.3) is 16.8 Å². The molecule has 1 atom stereocenters. The van der Waals surface area contributed by atoms with Gasteiger partial charge < -0.3 is 28.9 Å². The molecule has 0 radical (unpaired) electrons. The number of piperazine rings is 1. The molecule has 0 N–H and O–H groups in total. The van der Waals surface area contributed by atoms with Gasteiger partial charge in [0.05, 0.1) is 18.3 Å². The molecule has 2 amide bonds. The third-order valence-corrected chi connectivity index (χ3v) is 7.51. The Bertz CT molecular complexity index is 1530. The van der Waals surface area contributed by atoms with Gasteiger partial charge in [0.15, 0.2) is 11.2 Å². The normalized spacial score (nSPS) is 20.9. The molecule has 3 fully saturated rings. The summed E-state index contributed by atoms with van der Waals surface area (Å²) in [5, 5.41) is 4.48. The van der Waals surface area contributed by atoms with Gasteiger partial charge in [-0.3, -0.25) is 0 Å². The third kappa shape index (κ3) is 5.77. The number of aromatic nitrogens is 4. The molecular formula is C30H35N7O5. The van der Waals surface area contributed by atoms with Crippen molar-refractivity contribution in [1.29, 1.82) is 0 Å². The average Bonchev–Trinajstić information content (AvgIpc) is 3.53. The van der Waals surface area contributed by atoms with Gasteiger partial charge in [-0.2, -0.15) is 5.10 Å². The maximum Gasteiger partial charge on any atom is 0.411 e. The fraction of sp³-hybridized carbons (Fsp3) is 0.500. The molecular weight excluding hydrogens is 538 g/mol. The van der Waals surface area contributed by atoms with Gasteiger partial charge in [-0.05, 0) is 51.8 Å². The van der Waals surface area contributed by atoms with Crippen LogP contribution in [0.2, 0.25) is 0 Å². The number of likely N-dealkylation sites (tertiary alicyclic amines) is 1. The minimum atomic E-state index is -1.18. The predicted octanol–water partition coefficient (Wildman–Crippen LogP) is 3.60. The number of nitrogens with zero attached hydrogens (tertiary/aromatic N) is 7. The molecule has 3 aromatic rings. The SMILES string of the molecule is C#CC1(OC(=O)N2CCN(c3ccn4ncc(-c5cccnc5OC5CC5)c4n3)CC2)CCN(C(=O)OC(C)(C)C)C1. The van der Waals surface area contributed by atoms with Crippen molar-refractivity contribution in [2.75, 3.05) is 44.2 Å². The van der Waals surface area contributed by atoms with Crippen molar-refractivity contribution in [3.8, 4) is 29.4 Å². The number of ether oxygens (including phenoxy) is 3. The van der Waals surface area contributed by atoms with E-state index in [1.807, 2.05) is 24.4 Å². The number of terminal acetylenes is 1. The zero-order valence-electron chi connectivity index (χ0n) is 24.2. The number of carbonyl (C=O) groups is 2. The number of rotatable bonds is 5. The third-order valence-electron chi connectivity index (χ3n) is 7.51. The van der Waals surface area contributed by atoms with Crippen molar-refractivity contribution in [3.63, 3.8) is 0 Å². The Kier molecular flexibility index (Phi) is 7.04. The number of hydrogen-bond donors (Lipinski definition) is 0. The molecule has 5 heterocycles. The van der Waals surface area contributed by atoms with Crippen molar-refractivity contribution >= 4 is 23.7 Å². The van der Waals surface area contributed by atoms with Gasteiger partial charge in [0.25, 0.3) is 0 Å². The maximum atomic E-state index is 13.1. The summed E-state index contributed by atoms with van der Waals surface area (Å²) < 4.78 is 19.1. The maximum absolute atomic E-state index is 13.1. The number of amides is 2. The fourth-order valence-corrected chi connectivity index (χ4v) is 5.10. The molecule has 1 aliphatic carbocycles. The predicted molar refractivity (Wildman–Crippen MR) is 154 cm³/mol. The lowest BCUT2D eigenvalue weighted by molar-refractivity contribution is 0.0131. The summed E-state index contributed by atoms with van der Waals surface area (Å²) in [7, 11) is 0. The van der Waals surface area contributed by atoms with Crippen LogP contribution in [0.1, 0.15) is 40.0 Å². The molecule has 3 aromatic heterocycles. The van der Waals surface area contributed by atoms with Gasteiger partial charge in [0, 0.05) is 57.1 Å². The zero-order valence-corrected chi connectivity index (χ0v) is 24.2. The summed E-state index contributed by atoms with van der Waals surface area (Å²) in [6.07, 6.45) is 12.9. The summed E-state index contributed by atoms with van der Waals surface area (Å²) >= 11 is 0. The first-order valence-electron chi connectivity index (χ1n) is 14.3. The van der Waals surface area contributed by atoms with Crippen molar-refractivity contribution in [3.05, 3.63) is 36.8 Å². The number of anilines is 1. The molecule has 2 aliphatic heterocycles. The van der Waals surface area contributed by atoms with Gasteiger partial charge in [0.1, 0.15) is 17.5 Å². The van der Waals surface area contributed by atoms with Crippen LogP contribution in [0.4, 0.5) is 15.4 Å². The lowest BCUT2D eigenvalue weighted by Crippen LogP contribution is -2.51. The molecule has 2 saturated heterocycles. The van der Waals surface area contributed by atoms with Crippen LogP contribution < -0.4 is 9.64 Å². The van der Waals surface area contributed by atoms with E-state index >= 15 is 0 Å². The minimum Gasteiger partial charge on any atom is -0.474 e. The average molecular weight is 574 g/mol. The van der Waals surface area contributed by atoms with Crippen molar-refractivity contribution in [2.24, 2.45) is 0 Å². The van der Waals surface area contributed by atoms with Gasteiger partial charge in [0.2, 0.25) is 5.88 Å². The van der Waals surface area contributed by atoms with Gasteiger partial charge in [-0.1, -0.05) is 5.92 Å². The Balaban J connectivity index is 1.10. The van der Waals surface area contributed by atoms with E-state index in [0.717, 1.165) is 29.8 Å². The molecule has 12 nitrogen and oxygen atoms in total. The van der Waals surface area contributed by atoms with E-state index in [4.69, 9.17) is 25.6 Å². The van der Waals surface area contributed by atoms with E-state index in [0.29, 0.717) is 50.7 Å². The zero-order chi connectivity index (χ0) is 29.5. The highest BCUT2D eigenvalue weighted by atomic mass is 16.6. The number of pyridine rings is 1. The summed E-state index contributed by atoms with van der Waals surface area (Å²) in [5.74, 6) is 4.00. The molecule has 0 spiro atoms. The second-order valence-electron chi connectivity index (χ2n) is 11.9. The first kappa shape index (κ1) is 27.6. The molecule has 12 heteroatoms. The van der Waals surface area contributed by atoms with Crippen LogP contribution >= 0.6 is 0 Å². The standard InChI is InChI=1S/C30H35N7O5/c1-5-30(11-14-36(20-30)28(39)41-29(2,3)4)42-27(38)35-17-15-34(16-18-35)24-10-13-37-25(33-24)23(19-32-37)22-7-6-12-31-26(22)40-21-8-9-21/h1,6-7,10,12-13,19,21H,8-9,11,14-18,20H2,2-4H3. The second-order valence-corrected chi connectivity index (χ2v) is 11.9. The number of hydrogen-bond acceptors (Lipinski definition) is 9. The van der Waals surface area contributed by atoms with Gasteiger partial charge >= 0.3 is 12.2 Å². The second kappa shape index (κ2) is 10.7.